The molecule has 0 fully saturated rings. The molecule has 2 aromatic heterocycles. The smallest absolute Gasteiger partial charge is 0.135 e. The van der Waals surface area contributed by atoms with E-state index in [-0.39, 0.29) is 0 Å². The Balaban J connectivity index is 0.994. The molecule has 0 spiro atoms. The van der Waals surface area contributed by atoms with E-state index < -0.39 is 0 Å². The third-order valence-corrected chi connectivity index (χ3v) is 12.1. The lowest BCUT2D eigenvalue weighted by atomic mass is 9.97. The number of furan rings is 1. The van der Waals surface area contributed by atoms with Crippen LogP contribution in [0.5, 0.6) is 0 Å². The van der Waals surface area contributed by atoms with Crippen LogP contribution in [0, 0.1) is 0 Å². The van der Waals surface area contributed by atoms with E-state index in [1.807, 2.05) is 23.5 Å². The van der Waals surface area contributed by atoms with Crippen molar-refractivity contribution in [2.75, 3.05) is 4.90 Å². The zero-order chi connectivity index (χ0) is 36.3. The molecule has 0 saturated carbocycles. The number of hydrogen-bond acceptors (Lipinski definition) is 3. The van der Waals surface area contributed by atoms with Crippen LogP contribution in [0.4, 0.5) is 17.1 Å². The minimum Gasteiger partial charge on any atom is -0.456 e. The molecule has 3 heteroatoms. The zero-order valence-corrected chi connectivity index (χ0v) is 30.6. The van der Waals surface area contributed by atoms with Crippen molar-refractivity contribution in [3.8, 4) is 33.4 Å². The van der Waals surface area contributed by atoms with Crippen molar-refractivity contribution in [3.05, 3.63) is 200 Å². The molecule has 0 N–H and O–H groups in total. The van der Waals surface area contributed by atoms with Crippen molar-refractivity contribution < 1.29 is 4.42 Å². The van der Waals surface area contributed by atoms with E-state index in [0.29, 0.717) is 0 Å². The Bertz CT molecular complexity index is 3210. The van der Waals surface area contributed by atoms with Gasteiger partial charge in [0.1, 0.15) is 11.2 Å². The van der Waals surface area contributed by atoms with Crippen molar-refractivity contribution in [2.24, 2.45) is 0 Å². The molecule has 0 bridgehead atoms. The molecular weight excluding hydrogens is 687 g/mol. The lowest BCUT2D eigenvalue weighted by molar-refractivity contribution is 0.669. The molecule has 2 nitrogen and oxygen atoms in total. The predicted octanol–water partition coefficient (Wildman–Crippen LogP) is 15.6. The van der Waals surface area contributed by atoms with Gasteiger partial charge < -0.3 is 9.32 Å². The molecular formula is C52H33NOS. The van der Waals surface area contributed by atoms with Crippen LogP contribution < -0.4 is 4.90 Å². The molecule has 0 amide bonds. The Morgan fingerprint density at radius 1 is 0.345 bits per heavy atom. The van der Waals surface area contributed by atoms with Crippen LogP contribution >= 0.6 is 11.3 Å². The maximum Gasteiger partial charge on any atom is 0.135 e. The van der Waals surface area contributed by atoms with E-state index in [9.17, 15) is 0 Å². The highest BCUT2D eigenvalue weighted by atomic mass is 32.1. The Labute approximate surface area is 322 Å². The monoisotopic (exact) mass is 719 g/mol. The number of hydrogen-bond donors (Lipinski definition) is 0. The number of nitrogens with zero attached hydrogens (tertiary/aromatic N) is 1. The van der Waals surface area contributed by atoms with Crippen LogP contribution in [0.2, 0.25) is 0 Å². The second-order valence-electron chi connectivity index (χ2n) is 14.1. The molecule has 0 aliphatic heterocycles. The largest absolute Gasteiger partial charge is 0.456 e. The highest BCUT2D eigenvalue weighted by Gasteiger charge is 2.19. The van der Waals surface area contributed by atoms with Crippen LogP contribution in [0.15, 0.2) is 205 Å². The van der Waals surface area contributed by atoms with Crippen LogP contribution in [0.1, 0.15) is 0 Å². The Hall–Kier alpha value is -6.94. The molecule has 2 heterocycles. The molecule has 0 unspecified atom stereocenters. The van der Waals surface area contributed by atoms with E-state index in [0.717, 1.165) is 38.9 Å². The van der Waals surface area contributed by atoms with Crippen LogP contribution in [-0.2, 0) is 0 Å². The fraction of sp³-hybridized carbons (Fsp3) is 0. The third kappa shape index (κ3) is 5.48. The molecule has 55 heavy (non-hydrogen) atoms. The summed E-state index contributed by atoms with van der Waals surface area (Å²) in [5.41, 5.74) is 12.4. The molecule has 11 rings (SSSR count). The first-order valence-electron chi connectivity index (χ1n) is 18.7. The van der Waals surface area contributed by atoms with Gasteiger partial charge in [0.05, 0.1) is 10.4 Å². The number of anilines is 3. The summed E-state index contributed by atoms with van der Waals surface area (Å²) in [6.07, 6.45) is 0. The summed E-state index contributed by atoms with van der Waals surface area (Å²) in [5.74, 6) is 0. The number of thiophene rings is 1. The normalized spacial score (nSPS) is 11.6. The van der Waals surface area contributed by atoms with Crippen molar-refractivity contribution in [1.82, 2.24) is 0 Å². The first-order valence-corrected chi connectivity index (χ1v) is 19.5. The first-order chi connectivity index (χ1) is 27.2. The third-order valence-electron chi connectivity index (χ3n) is 10.9. The van der Waals surface area contributed by atoms with Crippen molar-refractivity contribution in [2.45, 2.75) is 0 Å². The van der Waals surface area contributed by atoms with Crippen molar-refractivity contribution in [3.63, 3.8) is 0 Å². The van der Waals surface area contributed by atoms with Crippen molar-refractivity contribution >= 4 is 81.3 Å². The van der Waals surface area contributed by atoms with Gasteiger partial charge in [-0.3, -0.25) is 0 Å². The summed E-state index contributed by atoms with van der Waals surface area (Å²) < 4.78 is 8.69. The molecule has 0 saturated heterocycles. The van der Waals surface area contributed by atoms with Crippen molar-refractivity contribution in [1.29, 1.82) is 0 Å². The fourth-order valence-electron chi connectivity index (χ4n) is 8.09. The SMILES string of the molecule is c1cc(-c2ccc(N(c3ccc(-c4ccc5oc6ccccc6c5c4)cc3)c3cccc4c3sc3ccccc34)cc2)cc(-c2ccc3ccccc3c2)c1. The second-order valence-corrected chi connectivity index (χ2v) is 15.2. The lowest BCUT2D eigenvalue weighted by Crippen LogP contribution is -2.10. The summed E-state index contributed by atoms with van der Waals surface area (Å²) in [6, 6.07) is 72.3. The quantitative estimate of drug-likeness (QED) is 0.170. The maximum absolute atomic E-state index is 6.12. The first kappa shape index (κ1) is 31.6. The molecule has 0 aliphatic rings. The van der Waals surface area contributed by atoms with E-state index in [4.69, 9.17) is 4.42 Å². The molecule has 258 valence electrons. The van der Waals surface area contributed by atoms with Gasteiger partial charge >= 0.3 is 0 Å². The van der Waals surface area contributed by atoms with Crippen LogP contribution in [0.25, 0.3) is 86.3 Å². The Morgan fingerprint density at radius 3 is 1.71 bits per heavy atom. The highest BCUT2D eigenvalue weighted by molar-refractivity contribution is 7.26. The van der Waals surface area contributed by atoms with E-state index in [1.165, 1.54) is 64.4 Å². The fourth-order valence-corrected chi connectivity index (χ4v) is 9.30. The Kier molecular flexibility index (Phi) is 7.39. The predicted molar refractivity (Wildman–Crippen MR) is 235 cm³/mol. The summed E-state index contributed by atoms with van der Waals surface area (Å²) in [5, 5.41) is 7.36. The molecule has 0 atom stereocenters. The average Bonchev–Trinajstić information content (AvgIpc) is 3.83. The van der Waals surface area contributed by atoms with E-state index in [1.54, 1.807) is 0 Å². The lowest BCUT2D eigenvalue weighted by Gasteiger charge is -2.26. The minimum atomic E-state index is 0.910. The van der Waals surface area contributed by atoms with Gasteiger partial charge in [-0.15, -0.1) is 11.3 Å². The van der Waals surface area contributed by atoms with Crippen LogP contribution in [-0.4, -0.2) is 0 Å². The zero-order valence-electron chi connectivity index (χ0n) is 29.8. The summed E-state index contributed by atoms with van der Waals surface area (Å²) >= 11 is 1.86. The summed E-state index contributed by atoms with van der Waals surface area (Å²) in [6.45, 7) is 0. The number of fused-ring (bicyclic) bond motifs is 7. The number of benzene rings is 9. The molecule has 9 aromatic carbocycles. The average molecular weight is 720 g/mol. The van der Waals surface area contributed by atoms with E-state index in [2.05, 4.69) is 193 Å². The van der Waals surface area contributed by atoms with E-state index >= 15 is 0 Å². The van der Waals surface area contributed by atoms with Gasteiger partial charge in [0, 0.05) is 37.6 Å². The number of rotatable bonds is 6. The van der Waals surface area contributed by atoms with Gasteiger partial charge in [0.25, 0.3) is 0 Å². The topological polar surface area (TPSA) is 16.4 Å². The van der Waals surface area contributed by atoms with Gasteiger partial charge in [-0.1, -0.05) is 133 Å². The van der Waals surface area contributed by atoms with Gasteiger partial charge in [-0.05, 0) is 111 Å². The number of para-hydroxylation sites is 1. The minimum absolute atomic E-state index is 0.910. The summed E-state index contributed by atoms with van der Waals surface area (Å²) in [7, 11) is 0. The van der Waals surface area contributed by atoms with Gasteiger partial charge in [-0.2, -0.15) is 0 Å². The van der Waals surface area contributed by atoms with Gasteiger partial charge in [0.2, 0.25) is 0 Å². The van der Waals surface area contributed by atoms with Crippen LogP contribution in [0.3, 0.4) is 0 Å². The molecule has 0 radical (unpaired) electrons. The van der Waals surface area contributed by atoms with Gasteiger partial charge in [-0.25, -0.2) is 0 Å². The Morgan fingerprint density at radius 2 is 0.909 bits per heavy atom. The molecule has 11 aromatic rings. The maximum atomic E-state index is 6.12. The standard InChI is InChI=1S/C52H33NOS/c1-2-10-37-32-40(20-19-34(37)9-1)39-12-7-11-38(31-39)35-21-26-42(27-22-35)53(48-16-8-15-46-45-14-4-6-18-51(45)55-52(46)48)43-28-23-36(24-29-43)41-25-30-50-47(33-41)44-13-3-5-17-49(44)54-50/h1-33H. The van der Waals surface area contributed by atoms with Gasteiger partial charge in [0.15, 0.2) is 0 Å². The summed E-state index contributed by atoms with van der Waals surface area (Å²) in [4.78, 5) is 2.41. The highest BCUT2D eigenvalue weighted by Crippen LogP contribution is 2.45. The second kappa shape index (κ2) is 12.9. The molecule has 0 aliphatic carbocycles.